The normalized spacial score (nSPS) is 26.1. The SMILES string of the molecule is COc1cccc(O)c1[C@H]1C2=CC[C@@H]3C(=O)N(c4ccc(I)cc4)C(=O)[C@@H]3[C@@H]2C[C@H]2C(=O)N(Nc3ncc(C(F)(F)F)cc3Cl)C(=O)[C@@]12c1ccc(Cl)cc1. The van der Waals surface area contributed by atoms with Crippen LogP contribution < -0.4 is 15.1 Å². The Kier molecular flexibility index (Phi) is 9.16. The quantitative estimate of drug-likeness (QED) is 0.114. The fraction of sp³-hybridized carbons (Fsp3) is 0.256. The van der Waals surface area contributed by atoms with Crippen LogP contribution in [0.15, 0.2) is 90.6 Å². The van der Waals surface area contributed by atoms with Crippen LogP contribution in [-0.4, -0.2) is 45.8 Å². The van der Waals surface area contributed by atoms with Crippen LogP contribution in [-0.2, 0) is 30.8 Å². The number of pyridine rings is 1. The molecule has 0 spiro atoms. The number of hydrogen-bond acceptors (Lipinski definition) is 8. The second-order valence-corrected chi connectivity index (χ2v) is 15.9. The molecule has 10 nitrogen and oxygen atoms in total. The van der Waals surface area contributed by atoms with Gasteiger partial charge in [-0.25, -0.2) is 4.98 Å². The summed E-state index contributed by atoms with van der Waals surface area (Å²) in [5.41, 5.74) is 1.06. The minimum atomic E-state index is -4.76. The predicted molar refractivity (Wildman–Crippen MR) is 203 cm³/mol. The van der Waals surface area contributed by atoms with Gasteiger partial charge in [-0.1, -0.05) is 53.1 Å². The van der Waals surface area contributed by atoms with E-state index in [0.29, 0.717) is 39.1 Å². The van der Waals surface area contributed by atoms with E-state index in [-0.39, 0.29) is 35.7 Å². The first-order valence-electron chi connectivity index (χ1n) is 17.0. The molecule has 4 aromatic rings. The van der Waals surface area contributed by atoms with Crippen molar-refractivity contribution in [1.82, 2.24) is 9.99 Å². The zero-order chi connectivity index (χ0) is 39.1. The van der Waals surface area contributed by atoms with Crippen LogP contribution in [0.3, 0.4) is 0 Å². The largest absolute Gasteiger partial charge is 0.508 e. The van der Waals surface area contributed by atoms with Gasteiger partial charge in [-0.3, -0.25) is 29.5 Å². The van der Waals surface area contributed by atoms with Crippen molar-refractivity contribution in [3.8, 4) is 11.5 Å². The number of amides is 4. The number of nitrogens with one attached hydrogen (secondary N) is 1. The molecular formula is C39H28Cl2F3IN4O6. The molecule has 2 aliphatic carbocycles. The molecule has 2 aliphatic heterocycles. The van der Waals surface area contributed by atoms with Crippen molar-refractivity contribution in [2.75, 3.05) is 17.4 Å². The van der Waals surface area contributed by atoms with Gasteiger partial charge in [-0.2, -0.15) is 18.2 Å². The number of phenolic OH excluding ortho intramolecular Hbond substituents is 1. The number of ether oxygens (including phenoxy) is 1. The summed E-state index contributed by atoms with van der Waals surface area (Å²) < 4.78 is 47.1. The highest BCUT2D eigenvalue weighted by molar-refractivity contribution is 14.1. The molecule has 3 aromatic carbocycles. The number of imide groups is 2. The maximum atomic E-state index is 15.4. The number of hydrogen-bond donors (Lipinski definition) is 2. The molecule has 2 N–H and O–H groups in total. The van der Waals surface area contributed by atoms with E-state index in [1.54, 1.807) is 60.7 Å². The number of anilines is 2. The number of alkyl halides is 3. The molecule has 0 bridgehead atoms. The Hall–Kier alpha value is -4.67. The Balaban J connectivity index is 1.33. The van der Waals surface area contributed by atoms with Crippen LogP contribution >= 0.6 is 45.8 Å². The molecule has 3 fully saturated rings. The van der Waals surface area contributed by atoms with Crippen molar-refractivity contribution >= 4 is 80.9 Å². The molecule has 282 valence electrons. The van der Waals surface area contributed by atoms with E-state index in [1.165, 1.54) is 18.1 Å². The van der Waals surface area contributed by atoms with Gasteiger partial charge in [0, 0.05) is 26.3 Å². The lowest BCUT2D eigenvalue weighted by atomic mass is 9.49. The molecule has 4 amide bonds. The summed E-state index contributed by atoms with van der Waals surface area (Å²) in [5, 5.41) is 12.2. The summed E-state index contributed by atoms with van der Waals surface area (Å²) >= 11 is 14.7. The zero-order valence-electron chi connectivity index (χ0n) is 28.5. The number of phenols is 1. The first kappa shape index (κ1) is 37.3. The van der Waals surface area contributed by atoms with E-state index in [1.807, 2.05) is 6.08 Å². The topological polar surface area (TPSA) is 129 Å². The van der Waals surface area contributed by atoms with Crippen molar-refractivity contribution in [3.63, 3.8) is 0 Å². The Morgan fingerprint density at radius 3 is 2.33 bits per heavy atom. The van der Waals surface area contributed by atoms with Crippen LogP contribution in [0.25, 0.3) is 0 Å². The minimum Gasteiger partial charge on any atom is -0.508 e. The fourth-order valence-corrected chi connectivity index (χ4v) is 9.64. The molecule has 1 saturated carbocycles. The van der Waals surface area contributed by atoms with Crippen LogP contribution in [0.1, 0.15) is 35.4 Å². The number of carbonyl (C=O) groups is 4. The number of nitrogens with zero attached hydrogens (tertiary/aromatic N) is 3. The number of halogens is 6. The van der Waals surface area contributed by atoms with Gasteiger partial charge in [0.2, 0.25) is 11.8 Å². The second-order valence-electron chi connectivity index (χ2n) is 13.8. The lowest BCUT2D eigenvalue weighted by Crippen LogP contribution is -2.53. The molecule has 6 atom stereocenters. The van der Waals surface area contributed by atoms with Gasteiger partial charge in [0.25, 0.3) is 11.8 Å². The summed E-state index contributed by atoms with van der Waals surface area (Å²) in [4.78, 5) is 63.7. The number of allylic oxidation sites excluding steroid dienone is 2. The van der Waals surface area contributed by atoms with Crippen LogP contribution in [0.2, 0.25) is 10.0 Å². The summed E-state index contributed by atoms with van der Waals surface area (Å²) in [6, 6.07) is 18.5. The van der Waals surface area contributed by atoms with Crippen molar-refractivity contribution in [2.24, 2.45) is 23.7 Å². The molecule has 3 heterocycles. The lowest BCUT2D eigenvalue weighted by molar-refractivity contribution is -0.139. The van der Waals surface area contributed by atoms with Gasteiger partial charge < -0.3 is 9.84 Å². The number of fused-ring (bicyclic) bond motifs is 4. The van der Waals surface area contributed by atoms with Gasteiger partial charge in [-0.05, 0) is 102 Å². The number of carbonyl (C=O) groups excluding carboxylic acids is 4. The maximum Gasteiger partial charge on any atom is 0.417 e. The van der Waals surface area contributed by atoms with E-state index < -0.39 is 75.4 Å². The third-order valence-corrected chi connectivity index (χ3v) is 12.5. The van der Waals surface area contributed by atoms with Gasteiger partial charge in [0.1, 0.15) is 11.5 Å². The Morgan fingerprint density at radius 1 is 0.964 bits per heavy atom. The van der Waals surface area contributed by atoms with E-state index in [0.717, 1.165) is 3.57 Å². The molecule has 16 heteroatoms. The average Bonchev–Trinajstić information content (AvgIpc) is 3.53. The van der Waals surface area contributed by atoms with E-state index in [9.17, 15) is 32.7 Å². The first-order chi connectivity index (χ1) is 26.2. The lowest BCUT2D eigenvalue weighted by Gasteiger charge is -2.50. The maximum absolute atomic E-state index is 15.4. The minimum absolute atomic E-state index is 0.0848. The predicted octanol–water partition coefficient (Wildman–Crippen LogP) is 7.92. The smallest absolute Gasteiger partial charge is 0.417 e. The molecule has 55 heavy (non-hydrogen) atoms. The Bertz CT molecular complexity index is 2330. The number of rotatable bonds is 6. The standard InChI is InChI=1S/C39H28Cl2F3IN4O6/c1-55-29-4-2-3-28(50)31(29)32-23-13-14-24-30(36(53)48(34(24)51)22-11-9-21(45)10-12-22)25(23)16-26-35(52)49(37(54)38(26,32)18-5-7-20(40)8-6-18)47-33-27(41)15-19(17-46-33)39(42,43)44/h2-13,15,17,24-26,30,32,50H,14,16H2,1H3,(H,46,47)/t24-,25+,26-,30-,32+,38+/m0/s1. The number of hydrazine groups is 1. The average molecular weight is 903 g/mol. The summed E-state index contributed by atoms with van der Waals surface area (Å²) in [6.07, 6.45) is -2.37. The first-order valence-corrected chi connectivity index (χ1v) is 18.8. The number of aromatic hydroxyl groups is 1. The Labute approximate surface area is 335 Å². The highest BCUT2D eigenvalue weighted by Crippen LogP contribution is 2.66. The van der Waals surface area contributed by atoms with Crippen LogP contribution in [0, 0.1) is 27.2 Å². The van der Waals surface area contributed by atoms with E-state index in [4.69, 9.17) is 27.9 Å². The van der Waals surface area contributed by atoms with E-state index >= 15 is 4.79 Å². The molecule has 2 saturated heterocycles. The number of aromatic nitrogens is 1. The highest BCUT2D eigenvalue weighted by Gasteiger charge is 2.71. The van der Waals surface area contributed by atoms with Crippen molar-refractivity contribution in [2.45, 2.75) is 30.4 Å². The van der Waals surface area contributed by atoms with Gasteiger partial charge in [-0.15, -0.1) is 0 Å². The summed E-state index contributed by atoms with van der Waals surface area (Å²) in [7, 11) is 1.39. The molecule has 4 aliphatic rings. The molecule has 0 unspecified atom stereocenters. The monoisotopic (exact) mass is 902 g/mol. The van der Waals surface area contributed by atoms with Crippen molar-refractivity contribution < 1.29 is 42.2 Å². The summed E-state index contributed by atoms with van der Waals surface area (Å²) in [5.74, 6) is -7.80. The molecule has 8 rings (SSSR count). The van der Waals surface area contributed by atoms with Gasteiger partial charge >= 0.3 is 6.18 Å². The molecule has 0 radical (unpaired) electrons. The van der Waals surface area contributed by atoms with Gasteiger partial charge in [0.05, 0.1) is 46.6 Å². The third-order valence-electron chi connectivity index (χ3n) is 11.2. The summed E-state index contributed by atoms with van der Waals surface area (Å²) in [6.45, 7) is 0. The third kappa shape index (κ3) is 5.69. The Morgan fingerprint density at radius 2 is 1.67 bits per heavy atom. The second kappa shape index (κ2) is 13.5. The molecule has 1 aromatic heterocycles. The van der Waals surface area contributed by atoms with Crippen LogP contribution in [0.5, 0.6) is 11.5 Å². The molecular weight excluding hydrogens is 875 g/mol. The zero-order valence-corrected chi connectivity index (χ0v) is 32.2. The van der Waals surface area contributed by atoms with Crippen LogP contribution in [0.4, 0.5) is 24.7 Å². The van der Waals surface area contributed by atoms with Gasteiger partial charge in [0.15, 0.2) is 5.82 Å². The number of methoxy groups -OCH3 is 1. The highest BCUT2D eigenvalue weighted by atomic mass is 127. The van der Waals surface area contributed by atoms with Crippen molar-refractivity contribution in [1.29, 1.82) is 0 Å². The van der Waals surface area contributed by atoms with Crippen molar-refractivity contribution in [3.05, 3.63) is 121 Å². The number of benzene rings is 3. The van der Waals surface area contributed by atoms with E-state index in [2.05, 4.69) is 33.0 Å². The fourth-order valence-electron chi connectivity index (χ4n) is 8.94.